The maximum Gasteiger partial charge on any atom is 0.237 e. The number of amides is 1. The first-order chi connectivity index (χ1) is 13.2. The van der Waals surface area contributed by atoms with Crippen LogP contribution in [-0.2, 0) is 9.53 Å². The number of rotatable bonds is 7. The predicted octanol–water partition coefficient (Wildman–Crippen LogP) is 2.98. The average Bonchev–Trinajstić information content (AvgIpc) is 3.41. The van der Waals surface area contributed by atoms with Crippen LogP contribution in [0.3, 0.4) is 0 Å². The lowest BCUT2D eigenvalue weighted by atomic mass is 10.2. The first-order valence-corrected chi connectivity index (χ1v) is 10.4. The van der Waals surface area contributed by atoms with Crippen molar-refractivity contribution in [2.24, 2.45) is 0 Å². The lowest BCUT2D eigenvalue weighted by Crippen LogP contribution is -2.22. The van der Waals surface area contributed by atoms with Crippen LogP contribution in [0.4, 0.5) is 10.8 Å². The van der Waals surface area contributed by atoms with Gasteiger partial charge in [-0.05, 0) is 31.9 Å². The molecule has 0 unspecified atom stereocenters. The second kappa shape index (κ2) is 8.32. The van der Waals surface area contributed by atoms with Gasteiger partial charge in [-0.1, -0.05) is 23.1 Å². The summed E-state index contributed by atoms with van der Waals surface area (Å²) in [5, 5.41) is 14.9. The molecule has 1 aromatic heterocycles. The van der Waals surface area contributed by atoms with Crippen LogP contribution in [0.25, 0.3) is 0 Å². The van der Waals surface area contributed by atoms with E-state index in [0.717, 1.165) is 35.5 Å². The monoisotopic (exact) mass is 408 g/mol. The van der Waals surface area contributed by atoms with E-state index in [-0.39, 0.29) is 24.1 Å². The number of carbonyl (C=O) groups excluding carboxylic acids is 1. The zero-order valence-corrected chi connectivity index (χ0v) is 16.4. The summed E-state index contributed by atoms with van der Waals surface area (Å²) in [4.78, 5) is 12.4. The Labute approximate surface area is 165 Å². The molecule has 0 aliphatic carbocycles. The van der Waals surface area contributed by atoms with Gasteiger partial charge in [0.2, 0.25) is 17.8 Å². The first kappa shape index (κ1) is 18.3. The van der Waals surface area contributed by atoms with Gasteiger partial charge in [-0.25, -0.2) is 0 Å². The molecule has 2 N–H and O–H groups in total. The van der Waals surface area contributed by atoms with Gasteiger partial charge in [-0.3, -0.25) is 4.79 Å². The number of nitrogens with one attached hydrogen (secondary N) is 2. The molecule has 1 aromatic carbocycles. The number of hydrogen-bond acceptors (Lipinski definition) is 9. The molecule has 2 aromatic rings. The van der Waals surface area contributed by atoms with E-state index >= 15 is 0 Å². The summed E-state index contributed by atoms with van der Waals surface area (Å²) in [7, 11) is 0. The average molecular weight is 409 g/mol. The summed E-state index contributed by atoms with van der Waals surface area (Å²) < 4.78 is 16.9. The summed E-state index contributed by atoms with van der Waals surface area (Å²) in [5.74, 6) is 1.22. The molecule has 3 heterocycles. The van der Waals surface area contributed by atoms with Gasteiger partial charge in [-0.2, -0.15) is 0 Å². The van der Waals surface area contributed by atoms with E-state index < -0.39 is 0 Å². The van der Waals surface area contributed by atoms with Crippen molar-refractivity contribution >= 4 is 39.8 Å². The minimum atomic E-state index is -0.311. The van der Waals surface area contributed by atoms with Gasteiger partial charge in [-0.15, -0.1) is 10.2 Å². The number of nitrogens with zero attached hydrogens (tertiary/aromatic N) is 2. The molecule has 4 rings (SSSR count). The van der Waals surface area contributed by atoms with Crippen molar-refractivity contribution in [3.05, 3.63) is 18.2 Å². The molecule has 2 aliphatic heterocycles. The Kier molecular flexibility index (Phi) is 5.65. The van der Waals surface area contributed by atoms with Crippen molar-refractivity contribution < 1.29 is 19.0 Å². The van der Waals surface area contributed by atoms with Crippen molar-refractivity contribution in [1.82, 2.24) is 10.2 Å². The Bertz CT molecular complexity index is 810. The van der Waals surface area contributed by atoms with E-state index in [2.05, 4.69) is 20.8 Å². The van der Waals surface area contributed by atoms with Crippen LogP contribution >= 0.6 is 23.1 Å². The quantitative estimate of drug-likeness (QED) is 0.675. The van der Waals surface area contributed by atoms with Gasteiger partial charge in [0.25, 0.3) is 0 Å². The van der Waals surface area contributed by atoms with E-state index in [1.807, 2.05) is 6.92 Å². The molecule has 2 atom stereocenters. The maximum absolute atomic E-state index is 12.4. The Hall–Kier alpha value is -2.04. The Balaban J connectivity index is 1.28. The van der Waals surface area contributed by atoms with E-state index in [9.17, 15) is 4.79 Å². The summed E-state index contributed by atoms with van der Waals surface area (Å²) in [6, 6.07) is 5.34. The minimum Gasteiger partial charge on any atom is -0.454 e. The number of ether oxygens (including phenoxy) is 3. The molecule has 1 saturated heterocycles. The van der Waals surface area contributed by atoms with E-state index in [1.165, 1.54) is 23.1 Å². The topological polar surface area (TPSA) is 94.6 Å². The Morgan fingerprint density at radius 3 is 3.11 bits per heavy atom. The highest BCUT2D eigenvalue weighted by Gasteiger charge is 2.20. The Morgan fingerprint density at radius 1 is 1.37 bits per heavy atom. The summed E-state index contributed by atoms with van der Waals surface area (Å²) in [5.41, 5.74) is 0.674. The zero-order chi connectivity index (χ0) is 18.6. The van der Waals surface area contributed by atoms with Crippen LogP contribution in [-0.4, -0.2) is 47.4 Å². The van der Waals surface area contributed by atoms with Gasteiger partial charge < -0.3 is 24.8 Å². The molecular weight excluding hydrogens is 388 g/mol. The third kappa shape index (κ3) is 4.63. The molecular formula is C17H20N4O4S2. The van der Waals surface area contributed by atoms with Crippen molar-refractivity contribution in [2.75, 3.05) is 30.6 Å². The molecule has 0 bridgehead atoms. The number of thioether (sulfide) groups is 1. The maximum atomic E-state index is 12.4. The van der Waals surface area contributed by atoms with Crippen LogP contribution in [0.1, 0.15) is 19.8 Å². The molecule has 2 aliphatic rings. The minimum absolute atomic E-state index is 0.108. The summed E-state index contributed by atoms with van der Waals surface area (Å²) in [6.45, 7) is 3.62. The van der Waals surface area contributed by atoms with Crippen LogP contribution < -0.4 is 20.1 Å². The molecule has 0 radical (unpaired) electrons. The van der Waals surface area contributed by atoms with Gasteiger partial charge in [0.1, 0.15) is 0 Å². The Morgan fingerprint density at radius 2 is 2.26 bits per heavy atom. The van der Waals surface area contributed by atoms with E-state index in [4.69, 9.17) is 14.2 Å². The third-order valence-electron chi connectivity index (χ3n) is 4.20. The van der Waals surface area contributed by atoms with E-state index in [0.29, 0.717) is 17.2 Å². The molecule has 1 fully saturated rings. The molecule has 0 spiro atoms. The van der Waals surface area contributed by atoms with Gasteiger partial charge in [0, 0.05) is 24.9 Å². The first-order valence-electron chi connectivity index (χ1n) is 8.73. The highest BCUT2D eigenvalue weighted by atomic mass is 32.2. The fraction of sp³-hybridized carbons (Fsp3) is 0.471. The summed E-state index contributed by atoms with van der Waals surface area (Å²) >= 11 is 2.82. The lowest BCUT2D eigenvalue weighted by Gasteiger charge is -2.10. The van der Waals surface area contributed by atoms with Crippen LogP contribution in [0.5, 0.6) is 11.5 Å². The standard InChI is InChI=1S/C17H20N4O4S2/c1-10(15(22)19-11-4-5-13-14(7-11)25-9-24-13)26-17-21-20-16(27-17)18-8-12-3-2-6-23-12/h4-5,7,10,12H,2-3,6,8-9H2,1H3,(H,18,20)(H,19,22)/t10-,12+/m1/s1. The number of benzene rings is 1. The normalized spacial score (nSPS) is 19.1. The van der Waals surface area contributed by atoms with Crippen molar-refractivity contribution in [3.63, 3.8) is 0 Å². The third-order valence-corrected chi connectivity index (χ3v) is 6.26. The number of aromatic nitrogens is 2. The van der Waals surface area contributed by atoms with Crippen molar-refractivity contribution in [1.29, 1.82) is 0 Å². The molecule has 1 amide bonds. The molecule has 27 heavy (non-hydrogen) atoms. The number of hydrogen-bond donors (Lipinski definition) is 2. The van der Waals surface area contributed by atoms with E-state index in [1.54, 1.807) is 18.2 Å². The predicted molar refractivity (Wildman–Crippen MR) is 104 cm³/mol. The molecule has 144 valence electrons. The molecule has 0 saturated carbocycles. The van der Waals surface area contributed by atoms with Gasteiger partial charge in [0.15, 0.2) is 15.8 Å². The lowest BCUT2D eigenvalue weighted by molar-refractivity contribution is -0.115. The van der Waals surface area contributed by atoms with Gasteiger partial charge in [0.05, 0.1) is 11.4 Å². The fourth-order valence-electron chi connectivity index (χ4n) is 2.76. The SMILES string of the molecule is C[C@@H](Sc1nnc(NC[C@@H]2CCCO2)s1)C(=O)Nc1ccc2c(c1)OCO2. The highest BCUT2D eigenvalue weighted by Crippen LogP contribution is 2.35. The van der Waals surface area contributed by atoms with Crippen LogP contribution in [0.15, 0.2) is 22.5 Å². The smallest absolute Gasteiger partial charge is 0.237 e. The number of carbonyl (C=O) groups is 1. The van der Waals surface area contributed by atoms with Crippen LogP contribution in [0, 0.1) is 0 Å². The molecule has 10 heteroatoms. The van der Waals surface area contributed by atoms with Gasteiger partial charge >= 0.3 is 0 Å². The fourth-order valence-corrected chi connectivity index (χ4v) is 4.66. The largest absolute Gasteiger partial charge is 0.454 e. The number of anilines is 2. The number of fused-ring (bicyclic) bond motifs is 1. The summed E-state index contributed by atoms with van der Waals surface area (Å²) in [6.07, 6.45) is 2.43. The second-order valence-corrected chi connectivity index (χ2v) is 8.77. The van der Waals surface area contributed by atoms with Crippen LogP contribution in [0.2, 0.25) is 0 Å². The molecule has 8 nitrogen and oxygen atoms in total. The second-order valence-electron chi connectivity index (χ2n) is 6.21. The highest BCUT2D eigenvalue weighted by molar-refractivity contribution is 8.02. The zero-order valence-electron chi connectivity index (χ0n) is 14.8. The van der Waals surface area contributed by atoms with Crippen molar-refractivity contribution in [2.45, 2.75) is 35.5 Å². The van der Waals surface area contributed by atoms with Crippen molar-refractivity contribution in [3.8, 4) is 11.5 Å².